The summed E-state index contributed by atoms with van der Waals surface area (Å²) in [5.41, 5.74) is 8.62. The summed E-state index contributed by atoms with van der Waals surface area (Å²) in [5.74, 6) is 1.26. The standard InChI is InChI=1S/C17H17N5O/c1-11-15-16(20-17(19-11)21-5-7-23-8-6-21)22(10-18-15)14-4-2-3-12-9-13(12)14/h2,4,10,13H,5-9H2,1H3. The van der Waals surface area contributed by atoms with Crippen LogP contribution in [0.2, 0.25) is 0 Å². The van der Waals surface area contributed by atoms with Gasteiger partial charge in [-0.3, -0.25) is 4.57 Å². The molecule has 1 atom stereocenters. The first-order valence-electron chi connectivity index (χ1n) is 8.01. The van der Waals surface area contributed by atoms with Gasteiger partial charge in [0.15, 0.2) is 5.65 Å². The van der Waals surface area contributed by atoms with Crippen molar-refractivity contribution in [3.05, 3.63) is 35.5 Å². The van der Waals surface area contributed by atoms with E-state index in [9.17, 15) is 0 Å². The van der Waals surface area contributed by atoms with E-state index < -0.39 is 0 Å². The summed E-state index contributed by atoms with van der Waals surface area (Å²) in [7, 11) is 0. The number of fused-ring (bicyclic) bond motifs is 2. The van der Waals surface area contributed by atoms with Gasteiger partial charge in [-0.2, -0.15) is 4.98 Å². The van der Waals surface area contributed by atoms with Gasteiger partial charge < -0.3 is 9.64 Å². The van der Waals surface area contributed by atoms with Crippen molar-refractivity contribution >= 4 is 22.8 Å². The van der Waals surface area contributed by atoms with Gasteiger partial charge in [0.1, 0.15) is 11.8 Å². The van der Waals surface area contributed by atoms with E-state index >= 15 is 0 Å². The number of anilines is 1. The number of imidazole rings is 1. The average Bonchev–Trinajstić information content (AvgIpc) is 3.27. The van der Waals surface area contributed by atoms with Gasteiger partial charge in [0.25, 0.3) is 0 Å². The number of nitrogens with zero attached hydrogens (tertiary/aromatic N) is 5. The number of aromatic nitrogens is 4. The Morgan fingerprint density at radius 1 is 1.26 bits per heavy atom. The highest BCUT2D eigenvalue weighted by Gasteiger charge is 2.36. The smallest absolute Gasteiger partial charge is 0.227 e. The Balaban J connectivity index is 1.62. The molecular formula is C17H17N5O. The van der Waals surface area contributed by atoms with Crippen molar-refractivity contribution in [2.24, 2.45) is 5.92 Å². The molecule has 0 aromatic carbocycles. The predicted molar refractivity (Wildman–Crippen MR) is 87.1 cm³/mol. The van der Waals surface area contributed by atoms with Gasteiger partial charge >= 0.3 is 0 Å². The van der Waals surface area contributed by atoms with Gasteiger partial charge in [-0.05, 0) is 31.1 Å². The molecule has 116 valence electrons. The molecule has 0 amide bonds. The van der Waals surface area contributed by atoms with E-state index in [1.165, 1.54) is 11.3 Å². The molecule has 6 nitrogen and oxygen atoms in total. The van der Waals surface area contributed by atoms with Crippen LogP contribution in [0.3, 0.4) is 0 Å². The first kappa shape index (κ1) is 13.0. The van der Waals surface area contributed by atoms with Crippen LogP contribution < -0.4 is 4.90 Å². The van der Waals surface area contributed by atoms with Crippen molar-refractivity contribution in [3.8, 4) is 0 Å². The fourth-order valence-electron chi connectivity index (χ4n) is 3.32. The number of hydrogen-bond donors (Lipinski definition) is 0. The van der Waals surface area contributed by atoms with Gasteiger partial charge in [-0.15, -0.1) is 5.73 Å². The molecule has 2 aromatic heterocycles. The summed E-state index contributed by atoms with van der Waals surface area (Å²) in [6.07, 6.45) is 7.09. The maximum Gasteiger partial charge on any atom is 0.227 e. The quantitative estimate of drug-likeness (QED) is 0.794. The molecule has 0 spiro atoms. The fraction of sp³-hybridized carbons (Fsp3) is 0.412. The molecule has 23 heavy (non-hydrogen) atoms. The van der Waals surface area contributed by atoms with Crippen LogP contribution in [0.1, 0.15) is 12.1 Å². The second-order valence-electron chi connectivity index (χ2n) is 6.18. The summed E-state index contributed by atoms with van der Waals surface area (Å²) < 4.78 is 7.54. The number of aryl methyl sites for hydroxylation is 1. The Morgan fingerprint density at radius 3 is 3.00 bits per heavy atom. The summed E-state index contributed by atoms with van der Waals surface area (Å²) in [4.78, 5) is 16.2. The van der Waals surface area contributed by atoms with Crippen LogP contribution in [0.25, 0.3) is 16.9 Å². The lowest BCUT2D eigenvalue weighted by Crippen LogP contribution is -2.37. The highest BCUT2D eigenvalue weighted by Crippen LogP contribution is 2.47. The van der Waals surface area contributed by atoms with Crippen molar-refractivity contribution in [2.45, 2.75) is 13.3 Å². The molecule has 1 aliphatic heterocycles. The Labute approximate surface area is 133 Å². The van der Waals surface area contributed by atoms with E-state index in [4.69, 9.17) is 9.72 Å². The Kier molecular flexibility index (Phi) is 2.71. The zero-order valence-corrected chi connectivity index (χ0v) is 13.0. The topological polar surface area (TPSA) is 56.1 Å². The van der Waals surface area contributed by atoms with E-state index in [1.54, 1.807) is 0 Å². The third-order valence-corrected chi connectivity index (χ3v) is 4.70. The molecular weight excluding hydrogens is 290 g/mol. The van der Waals surface area contributed by atoms with E-state index in [-0.39, 0.29) is 0 Å². The average molecular weight is 307 g/mol. The maximum absolute atomic E-state index is 5.42. The molecule has 2 aromatic rings. The molecule has 0 N–H and O–H groups in total. The van der Waals surface area contributed by atoms with E-state index in [2.05, 4.69) is 31.2 Å². The minimum atomic E-state index is 0.486. The molecule has 1 saturated carbocycles. The number of hydrogen-bond acceptors (Lipinski definition) is 5. The summed E-state index contributed by atoms with van der Waals surface area (Å²) in [6, 6.07) is 0. The molecule has 6 heteroatoms. The van der Waals surface area contributed by atoms with Crippen molar-refractivity contribution in [3.63, 3.8) is 0 Å². The first-order chi connectivity index (χ1) is 11.3. The molecule has 5 rings (SSSR count). The van der Waals surface area contributed by atoms with Gasteiger partial charge in [-0.1, -0.05) is 0 Å². The third kappa shape index (κ3) is 2.03. The van der Waals surface area contributed by atoms with E-state index in [0.29, 0.717) is 5.92 Å². The molecule has 2 fully saturated rings. The fourth-order valence-corrected chi connectivity index (χ4v) is 3.32. The van der Waals surface area contributed by atoms with E-state index in [1.807, 2.05) is 19.3 Å². The first-order valence-corrected chi connectivity index (χ1v) is 8.01. The van der Waals surface area contributed by atoms with Crippen LogP contribution in [0, 0.1) is 12.8 Å². The SMILES string of the molecule is Cc1nc(N2CCOCC2)nc2c1ncn2C1=CC=C=C2CC21. The second kappa shape index (κ2) is 4.78. The van der Waals surface area contributed by atoms with Gasteiger partial charge in [0, 0.05) is 24.7 Å². The number of ether oxygens (including phenoxy) is 1. The zero-order chi connectivity index (χ0) is 15.4. The van der Waals surface area contributed by atoms with Gasteiger partial charge in [-0.25, -0.2) is 9.97 Å². The van der Waals surface area contributed by atoms with Crippen LogP contribution >= 0.6 is 0 Å². The van der Waals surface area contributed by atoms with Crippen molar-refractivity contribution < 1.29 is 4.74 Å². The summed E-state index contributed by atoms with van der Waals surface area (Å²) in [6.45, 7) is 5.13. The lowest BCUT2D eigenvalue weighted by atomic mass is 10.2. The Morgan fingerprint density at radius 2 is 2.13 bits per heavy atom. The van der Waals surface area contributed by atoms with Gasteiger partial charge in [0.2, 0.25) is 5.95 Å². The summed E-state index contributed by atoms with van der Waals surface area (Å²) >= 11 is 0. The zero-order valence-electron chi connectivity index (χ0n) is 13.0. The predicted octanol–water partition coefficient (Wildman–Crippen LogP) is 1.93. The van der Waals surface area contributed by atoms with Crippen LogP contribution in [0.5, 0.6) is 0 Å². The Bertz CT molecular complexity index is 897. The molecule has 0 radical (unpaired) electrons. The molecule has 3 aliphatic rings. The molecule has 0 bridgehead atoms. The van der Waals surface area contributed by atoms with Crippen LogP contribution in [0.15, 0.2) is 29.8 Å². The third-order valence-electron chi connectivity index (χ3n) is 4.70. The van der Waals surface area contributed by atoms with Crippen molar-refractivity contribution in [1.29, 1.82) is 0 Å². The van der Waals surface area contributed by atoms with Crippen LogP contribution in [-0.4, -0.2) is 45.8 Å². The highest BCUT2D eigenvalue weighted by atomic mass is 16.5. The Hall–Kier alpha value is -2.43. The maximum atomic E-state index is 5.42. The van der Waals surface area contributed by atoms with Crippen molar-refractivity contribution in [2.75, 3.05) is 31.2 Å². The molecule has 2 aliphatic carbocycles. The number of rotatable bonds is 2. The minimum Gasteiger partial charge on any atom is -0.378 e. The lowest BCUT2D eigenvalue weighted by molar-refractivity contribution is 0.122. The monoisotopic (exact) mass is 307 g/mol. The number of allylic oxidation sites excluding steroid dienone is 3. The lowest BCUT2D eigenvalue weighted by Gasteiger charge is -2.27. The van der Waals surface area contributed by atoms with Crippen molar-refractivity contribution in [1.82, 2.24) is 19.5 Å². The van der Waals surface area contributed by atoms with E-state index in [0.717, 1.165) is 55.5 Å². The second-order valence-corrected chi connectivity index (χ2v) is 6.18. The normalized spacial score (nSPS) is 22.8. The largest absolute Gasteiger partial charge is 0.378 e. The van der Waals surface area contributed by atoms with Gasteiger partial charge in [0.05, 0.1) is 18.9 Å². The number of morpholine rings is 1. The van der Waals surface area contributed by atoms with Crippen LogP contribution in [-0.2, 0) is 4.74 Å². The van der Waals surface area contributed by atoms with Crippen LogP contribution in [0.4, 0.5) is 5.95 Å². The molecule has 1 saturated heterocycles. The molecule has 1 unspecified atom stereocenters. The summed E-state index contributed by atoms with van der Waals surface area (Å²) in [5, 5.41) is 0. The molecule has 3 heterocycles. The highest BCUT2D eigenvalue weighted by molar-refractivity contribution is 5.80. The minimum absolute atomic E-state index is 0.486.